The van der Waals surface area contributed by atoms with E-state index in [0.29, 0.717) is 6.04 Å². The molecular weight excluding hydrogens is 376 g/mol. The van der Waals surface area contributed by atoms with Crippen molar-refractivity contribution in [2.24, 2.45) is 0 Å². The van der Waals surface area contributed by atoms with Crippen LogP contribution >= 0.6 is 11.6 Å². The van der Waals surface area contributed by atoms with Crippen LogP contribution in [0.1, 0.15) is 42.5 Å². The molecule has 4 rings (SSSR count). The molecule has 0 saturated carbocycles. The topological polar surface area (TPSA) is 17.0 Å². The fourth-order valence-corrected chi connectivity index (χ4v) is 4.23. The van der Waals surface area contributed by atoms with Crippen molar-refractivity contribution in [3.8, 4) is 0 Å². The third-order valence-electron chi connectivity index (χ3n) is 5.43. The number of nitrogens with zero attached hydrogens (tertiary/aromatic N) is 1. The summed E-state index contributed by atoms with van der Waals surface area (Å²) >= 11 is 6.19. The average molecular weight is 403 g/mol. The minimum atomic E-state index is 0.372. The van der Waals surface area contributed by atoms with Gasteiger partial charge in [0.1, 0.15) is 0 Å². The zero-order valence-corrected chi connectivity index (χ0v) is 17.6. The molecule has 2 nitrogen and oxygen atoms in total. The molecule has 0 aliphatic rings. The number of hydrogen-bond donors (Lipinski definition) is 1. The van der Waals surface area contributed by atoms with Crippen molar-refractivity contribution >= 4 is 22.5 Å². The lowest BCUT2D eigenvalue weighted by molar-refractivity contribution is 0.494. The molecule has 1 atom stereocenters. The predicted molar refractivity (Wildman–Crippen MR) is 123 cm³/mol. The molecule has 0 fully saturated rings. The van der Waals surface area contributed by atoms with E-state index >= 15 is 0 Å². The standard InChI is InChI=1S/C26H27ClN2/c1-2-9-25(21-11-4-3-5-12-21)28-17-22-19-29(26-15-7-6-14-24(22)26)18-20-10-8-13-23(27)16-20/h3-8,10-16,19,25,28H,2,9,17-18H2,1H3/t25-/m1/s1. The molecule has 0 bridgehead atoms. The molecule has 0 spiro atoms. The van der Waals surface area contributed by atoms with Crippen molar-refractivity contribution in [3.05, 3.63) is 107 Å². The number of rotatable bonds is 8. The summed E-state index contributed by atoms with van der Waals surface area (Å²) in [6.45, 7) is 3.91. The Kier molecular flexibility index (Phi) is 6.33. The molecule has 0 radical (unpaired) electrons. The molecule has 4 aromatic rings. The van der Waals surface area contributed by atoms with Crippen molar-refractivity contribution in [1.29, 1.82) is 0 Å². The van der Waals surface area contributed by atoms with E-state index in [1.54, 1.807) is 0 Å². The van der Waals surface area contributed by atoms with Crippen LogP contribution in [0.15, 0.2) is 85.1 Å². The Morgan fingerprint density at radius 1 is 0.931 bits per heavy atom. The van der Waals surface area contributed by atoms with E-state index in [0.717, 1.165) is 31.0 Å². The smallest absolute Gasteiger partial charge is 0.0486 e. The van der Waals surface area contributed by atoms with Gasteiger partial charge in [-0.2, -0.15) is 0 Å². The largest absolute Gasteiger partial charge is 0.343 e. The molecule has 148 valence electrons. The second-order valence-corrected chi connectivity index (χ2v) is 8.00. The number of aromatic nitrogens is 1. The molecule has 1 N–H and O–H groups in total. The van der Waals surface area contributed by atoms with Crippen LogP contribution in [0.5, 0.6) is 0 Å². The lowest BCUT2D eigenvalue weighted by Crippen LogP contribution is -2.20. The van der Waals surface area contributed by atoms with Crippen LogP contribution in [0.4, 0.5) is 0 Å². The van der Waals surface area contributed by atoms with Crippen LogP contribution in [0.25, 0.3) is 10.9 Å². The molecule has 3 aromatic carbocycles. The van der Waals surface area contributed by atoms with Gasteiger partial charge >= 0.3 is 0 Å². The van der Waals surface area contributed by atoms with Gasteiger partial charge in [0.2, 0.25) is 0 Å². The van der Waals surface area contributed by atoms with Crippen molar-refractivity contribution in [2.75, 3.05) is 0 Å². The Morgan fingerprint density at radius 2 is 1.72 bits per heavy atom. The lowest BCUT2D eigenvalue weighted by Gasteiger charge is -2.18. The SMILES string of the molecule is CCC[C@@H](NCc1cn(Cc2cccc(Cl)c2)c2ccccc12)c1ccccc1. The van der Waals surface area contributed by atoms with Gasteiger partial charge in [-0.25, -0.2) is 0 Å². The zero-order chi connectivity index (χ0) is 20.1. The first-order valence-corrected chi connectivity index (χ1v) is 10.7. The van der Waals surface area contributed by atoms with E-state index in [1.807, 2.05) is 18.2 Å². The minimum Gasteiger partial charge on any atom is -0.343 e. The summed E-state index contributed by atoms with van der Waals surface area (Å²) < 4.78 is 2.33. The highest BCUT2D eigenvalue weighted by Gasteiger charge is 2.13. The highest BCUT2D eigenvalue weighted by molar-refractivity contribution is 6.30. The quantitative estimate of drug-likeness (QED) is 0.336. The first-order chi connectivity index (χ1) is 14.2. The lowest BCUT2D eigenvalue weighted by atomic mass is 10.0. The molecule has 29 heavy (non-hydrogen) atoms. The summed E-state index contributed by atoms with van der Waals surface area (Å²) in [5, 5.41) is 5.89. The van der Waals surface area contributed by atoms with Crippen LogP contribution in [-0.4, -0.2) is 4.57 Å². The molecule has 0 aliphatic heterocycles. The number of benzene rings is 3. The molecular formula is C26H27ClN2. The predicted octanol–water partition coefficient (Wildman–Crippen LogP) is 6.97. The maximum absolute atomic E-state index is 6.19. The van der Waals surface area contributed by atoms with Gasteiger partial charge in [-0.1, -0.05) is 85.6 Å². The fourth-order valence-electron chi connectivity index (χ4n) is 4.02. The van der Waals surface area contributed by atoms with E-state index in [4.69, 9.17) is 11.6 Å². The Bertz CT molecular complexity index is 1070. The summed E-state index contributed by atoms with van der Waals surface area (Å²) in [6.07, 6.45) is 4.57. The van der Waals surface area contributed by atoms with Crippen LogP contribution in [0.2, 0.25) is 5.02 Å². The van der Waals surface area contributed by atoms with Gasteiger partial charge in [0.15, 0.2) is 0 Å². The summed E-state index contributed by atoms with van der Waals surface area (Å²) in [5.74, 6) is 0. The summed E-state index contributed by atoms with van der Waals surface area (Å²) in [6, 6.07) is 27.9. The highest BCUT2D eigenvalue weighted by Crippen LogP contribution is 2.25. The molecule has 0 saturated heterocycles. The summed E-state index contributed by atoms with van der Waals surface area (Å²) in [7, 11) is 0. The highest BCUT2D eigenvalue weighted by atomic mass is 35.5. The van der Waals surface area contributed by atoms with Crippen molar-refractivity contribution in [2.45, 2.75) is 38.9 Å². The van der Waals surface area contributed by atoms with Gasteiger partial charge in [-0.3, -0.25) is 0 Å². The maximum Gasteiger partial charge on any atom is 0.0486 e. The van der Waals surface area contributed by atoms with Gasteiger partial charge in [-0.05, 0) is 41.3 Å². The summed E-state index contributed by atoms with van der Waals surface area (Å²) in [5.41, 5.74) is 5.17. The first-order valence-electron chi connectivity index (χ1n) is 10.3. The van der Waals surface area contributed by atoms with E-state index in [2.05, 4.69) is 83.7 Å². The van der Waals surface area contributed by atoms with E-state index in [9.17, 15) is 0 Å². The van der Waals surface area contributed by atoms with Crippen LogP contribution in [0.3, 0.4) is 0 Å². The van der Waals surface area contributed by atoms with Gasteiger partial charge in [0, 0.05) is 41.3 Å². The molecule has 0 amide bonds. The second kappa shape index (κ2) is 9.30. The normalized spacial score (nSPS) is 12.3. The minimum absolute atomic E-state index is 0.372. The van der Waals surface area contributed by atoms with Crippen molar-refractivity contribution in [1.82, 2.24) is 9.88 Å². The second-order valence-electron chi connectivity index (χ2n) is 7.56. The number of fused-ring (bicyclic) bond motifs is 1. The van der Waals surface area contributed by atoms with Crippen LogP contribution in [-0.2, 0) is 13.1 Å². The number of nitrogens with one attached hydrogen (secondary N) is 1. The monoisotopic (exact) mass is 402 g/mol. The van der Waals surface area contributed by atoms with Crippen molar-refractivity contribution in [3.63, 3.8) is 0 Å². The first kappa shape index (κ1) is 19.8. The van der Waals surface area contributed by atoms with Crippen LogP contribution < -0.4 is 5.32 Å². The molecule has 3 heteroatoms. The fraction of sp³-hybridized carbons (Fsp3) is 0.231. The van der Waals surface area contributed by atoms with Gasteiger partial charge in [0.05, 0.1) is 0 Å². The summed E-state index contributed by atoms with van der Waals surface area (Å²) in [4.78, 5) is 0. The Labute approximate surface area is 178 Å². The van der Waals surface area contributed by atoms with E-state index in [-0.39, 0.29) is 0 Å². The molecule has 1 aromatic heterocycles. The number of halogens is 1. The van der Waals surface area contributed by atoms with Crippen molar-refractivity contribution < 1.29 is 0 Å². The van der Waals surface area contributed by atoms with E-state index in [1.165, 1.54) is 27.6 Å². The average Bonchev–Trinajstić information content (AvgIpc) is 3.09. The third kappa shape index (κ3) is 4.72. The number of hydrogen-bond acceptors (Lipinski definition) is 1. The Morgan fingerprint density at radius 3 is 2.52 bits per heavy atom. The third-order valence-corrected chi connectivity index (χ3v) is 5.67. The zero-order valence-electron chi connectivity index (χ0n) is 16.8. The molecule has 0 unspecified atom stereocenters. The van der Waals surface area contributed by atoms with E-state index < -0.39 is 0 Å². The maximum atomic E-state index is 6.19. The Hall–Kier alpha value is -2.55. The molecule has 0 aliphatic carbocycles. The van der Waals surface area contributed by atoms with Gasteiger partial charge < -0.3 is 9.88 Å². The number of para-hydroxylation sites is 1. The van der Waals surface area contributed by atoms with Crippen LogP contribution in [0, 0.1) is 0 Å². The van der Waals surface area contributed by atoms with Gasteiger partial charge in [0.25, 0.3) is 0 Å². The molecule has 1 heterocycles. The van der Waals surface area contributed by atoms with Gasteiger partial charge in [-0.15, -0.1) is 0 Å². The Balaban J connectivity index is 1.59.